The Labute approximate surface area is 431 Å². The lowest BCUT2D eigenvalue weighted by Crippen LogP contribution is -2.53. The van der Waals surface area contributed by atoms with Gasteiger partial charge in [-0.15, -0.1) is 0 Å². The molecule has 1 aromatic carbocycles. The number of benzene rings is 1. The van der Waals surface area contributed by atoms with Gasteiger partial charge in [-0.05, 0) is 149 Å². The number of aromatic nitrogens is 2. The second kappa shape index (κ2) is 22.0. The van der Waals surface area contributed by atoms with Crippen molar-refractivity contribution >= 4 is 35.1 Å². The molecular formula is C58H77N9O6. The second-order valence-electron chi connectivity index (χ2n) is 22.0. The van der Waals surface area contributed by atoms with Gasteiger partial charge in [0.05, 0.1) is 12.2 Å². The summed E-state index contributed by atoms with van der Waals surface area (Å²) >= 11 is 0. The van der Waals surface area contributed by atoms with Crippen LogP contribution in [-0.4, -0.2) is 102 Å². The van der Waals surface area contributed by atoms with Crippen LogP contribution < -0.4 is 32.3 Å². The van der Waals surface area contributed by atoms with Crippen LogP contribution in [0.15, 0.2) is 95.3 Å². The maximum Gasteiger partial charge on any atom is 0.350 e. The van der Waals surface area contributed by atoms with E-state index in [0.29, 0.717) is 68.6 Å². The van der Waals surface area contributed by atoms with Crippen LogP contribution >= 0.6 is 0 Å². The molecule has 9 unspecified atom stereocenters. The minimum absolute atomic E-state index is 0.0225. The molecular weight excluding hydrogens is 919 g/mol. The highest BCUT2D eigenvalue weighted by molar-refractivity contribution is 6.33. The Morgan fingerprint density at radius 2 is 1.95 bits per heavy atom. The van der Waals surface area contributed by atoms with E-state index in [9.17, 15) is 5.11 Å². The average molecular weight is 996 g/mol. The van der Waals surface area contributed by atoms with Gasteiger partial charge >= 0.3 is 5.97 Å². The molecule has 0 amide bonds. The van der Waals surface area contributed by atoms with Gasteiger partial charge in [-0.3, -0.25) is 14.6 Å². The Morgan fingerprint density at radius 3 is 2.73 bits per heavy atom. The van der Waals surface area contributed by atoms with Crippen LogP contribution in [0, 0.1) is 23.2 Å². The summed E-state index contributed by atoms with van der Waals surface area (Å²) in [6, 6.07) is 13.3. The summed E-state index contributed by atoms with van der Waals surface area (Å²) < 4.78 is 13.5. The van der Waals surface area contributed by atoms with Crippen molar-refractivity contribution < 1.29 is 29.0 Å². The van der Waals surface area contributed by atoms with Crippen molar-refractivity contribution in [2.24, 2.45) is 28.2 Å². The number of ether oxygens (including phenoxy) is 2. The topological polar surface area (TPSA) is 218 Å². The van der Waals surface area contributed by atoms with Gasteiger partial charge in [-0.2, -0.15) is 0 Å². The maximum atomic E-state index is 15.9. The zero-order valence-electron chi connectivity index (χ0n) is 43.5. The SMILES string of the molecule is CCNC1C=C2C=CCC3CCCCC(C)(Cc4ccc(N)nc4)Cc4cccc5c4C(=O)C4(OC4(CC=C(C)CC4(c6ccnc(NCNC)c6)CCCNC(=NC)N4)C5=O)C(=O)OC(CCCO)C1CC23. The predicted octanol–water partition coefficient (Wildman–Crippen LogP) is 7.28. The van der Waals surface area contributed by atoms with E-state index in [0.717, 1.165) is 80.4 Å². The number of cyclic esters (lactones) is 1. The number of aliphatic hydroxyl groups is 1. The summed E-state index contributed by atoms with van der Waals surface area (Å²) in [5, 5.41) is 27.6. The van der Waals surface area contributed by atoms with Crippen LogP contribution in [0.4, 0.5) is 11.6 Å². The molecule has 9 rings (SSSR count). The minimum Gasteiger partial charge on any atom is -0.459 e. The molecule has 5 heterocycles. The monoisotopic (exact) mass is 996 g/mol. The van der Waals surface area contributed by atoms with Crippen LogP contribution in [0.2, 0.25) is 0 Å². The van der Waals surface area contributed by atoms with Crippen molar-refractivity contribution in [1.29, 1.82) is 0 Å². The molecule has 3 aromatic rings. The molecule has 2 saturated heterocycles. The molecule has 73 heavy (non-hydrogen) atoms. The molecule has 1 spiro atoms. The molecule has 4 bridgehead atoms. The standard InChI is InChI=1S/C58H77N9O6/c1-6-62-46-29-40-15-9-14-39-13-7-8-23-55(3,33-38-19-20-48(59)65-35-38)34-41-16-10-17-43-50(41)52(70)58(53(71)72-47(18-11-28-68)45(46)31-44(39)40)57(73-58,51(43)69)25-21-37(2)32-56(24-12-26-64-54(61-5)67-56)42-22-27-63-49(30-42)66-36-60-4/h9-10,15-17,19-22,27,29-30,35,39,44-47,60,62,68H,6-8,11-14,18,23-26,28,31-34,36H2,1-5H3,(H2,59,65)(H,63,66)(H2,61,64,67). The Bertz CT molecular complexity index is 2650. The van der Waals surface area contributed by atoms with Crippen molar-refractivity contribution in [1.82, 2.24) is 31.2 Å². The Kier molecular flexibility index (Phi) is 15.7. The van der Waals surface area contributed by atoms with E-state index in [1.54, 1.807) is 19.3 Å². The fourth-order valence-corrected chi connectivity index (χ4v) is 13.2. The van der Waals surface area contributed by atoms with Crippen LogP contribution in [0.5, 0.6) is 0 Å². The van der Waals surface area contributed by atoms with Gasteiger partial charge in [0, 0.05) is 62.1 Å². The number of ketones is 2. The number of carbonyl (C=O) groups excluding carboxylic acids is 3. The van der Waals surface area contributed by atoms with Gasteiger partial charge in [0.25, 0.3) is 5.60 Å². The highest BCUT2D eigenvalue weighted by atomic mass is 16.7. The summed E-state index contributed by atoms with van der Waals surface area (Å²) in [6.07, 6.45) is 21.6. The van der Waals surface area contributed by atoms with Gasteiger partial charge in [-0.25, -0.2) is 14.8 Å². The number of nitrogens with zero attached hydrogens (tertiary/aromatic N) is 3. The number of pyridine rings is 2. The quantitative estimate of drug-likeness (QED) is 0.0262. The van der Waals surface area contributed by atoms with E-state index in [2.05, 4.69) is 79.7 Å². The lowest BCUT2D eigenvalue weighted by atomic mass is 9.66. The van der Waals surface area contributed by atoms with E-state index in [-0.39, 0.29) is 47.4 Å². The number of likely N-dealkylation sites (N-methyl/N-ethyl adjacent to an activating group) is 1. The normalized spacial score (nSPS) is 31.8. The zero-order valence-corrected chi connectivity index (χ0v) is 43.5. The number of hydrogen-bond acceptors (Lipinski definition) is 13. The molecule has 3 aliphatic heterocycles. The lowest BCUT2D eigenvalue weighted by Gasteiger charge is -2.43. The predicted molar refractivity (Wildman–Crippen MR) is 285 cm³/mol. The summed E-state index contributed by atoms with van der Waals surface area (Å²) in [6.45, 7) is 8.27. The molecule has 15 heteroatoms. The van der Waals surface area contributed by atoms with E-state index in [1.165, 1.54) is 5.57 Å². The Morgan fingerprint density at radius 1 is 1.08 bits per heavy atom. The Balaban J connectivity index is 1.14. The molecule has 0 saturated carbocycles. The number of Topliss-reactive ketones (excluding diaryl/α,β-unsaturated/α-hetero) is 2. The molecule has 2 fully saturated rings. The van der Waals surface area contributed by atoms with Gasteiger partial charge in [0.2, 0.25) is 5.78 Å². The smallest absolute Gasteiger partial charge is 0.350 e. The number of nitrogens with two attached hydrogens (primary N) is 1. The number of esters is 1. The van der Waals surface area contributed by atoms with Gasteiger partial charge in [0.15, 0.2) is 17.3 Å². The van der Waals surface area contributed by atoms with Gasteiger partial charge < -0.3 is 46.9 Å². The average Bonchev–Trinajstić information content (AvgIpc) is 4.15. The maximum absolute atomic E-state index is 15.9. The number of guanidine groups is 1. The number of rotatable bonds is 15. The number of aliphatic hydroxyl groups excluding tert-OH is 1. The van der Waals surface area contributed by atoms with Gasteiger partial charge in [-0.1, -0.05) is 80.8 Å². The number of nitrogens with one attached hydrogen (secondary N) is 5. The number of allylic oxidation sites excluding steroid dienone is 3. The third kappa shape index (κ3) is 10.4. The molecule has 390 valence electrons. The van der Waals surface area contributed by atoms with E-state index < -0.39 is 40.4 Å². The van der Waals surface area contributed by atoms with Crippen LogP contribution in [-0.2, 0) is 32.6 Å². The highest BCUT2D eigenvalue weighted by Gasteiger charge is 2.85. The Hall–Kier alpha value is -5.74. The van der Waals surface area contributed by atoms with Crippen LogP contribution in [0.3, 0.4) is 0 Å². The number of carbonyl (C=O) groups is 3. The third-order valence-electron chi connectivity index (χ3n) is 16.8. The summed E-state index contributed by atoms with van der Waals surface area (Å²) in [4.78, 5) is 60.7. The lowest BCUT2D eigenvalue weighted by molar-refractivity contribution is -0.158. The summed E-state index contributed by atoms with van der Waals surface area (Å²) in [5.41, 5.74) is 6.55. The number of hydrogen-bond donors (Lipinski definition) is 7. The molecule has 2 aromatic heterocycles. The van der Waals surface area contributed by atoms with E-state index >= 15 is 14.4 Å². The number of fused-ring (bicyclic) bond motifs is 1. The third-order valence-corrected chi connectivity index (χ3v) is 16.8. The van der Waals surface area contributed by atoms with Gasteiger partial charge in [0.1, 0.15) is 17.7 Å². The zero-order chi connectivity index (χ0) is 51.4. The molecule has 3 aliphatic carbocycles. The number of anilines is 2. The number of epoxide rings is 1. The summed E-state index contributed by atoms with van der Waals surface area (Å²) in [5.74, 6) is 0.632. The van der Waals surface area contributed by atoms with Crippen LogP contribution in [0.1, 0.15) is 135 Å². The van der Waals surface area contributed by atoms with Crippen molar-refractivity contribution in [2.45, 2.75) is 140 Å². The fraction of sp³-hybridized carbons (Fsp3) is 0.552. The molecule has 15 nitrogen and oxygen atoms in total. The van der Waals surface area contributed by atoms with E-state index in [4.69, 9.17) is 15.2 Å². The molecule has 8 N–H and O–H groups in total. The molecule has 0 radical (unpaired) electrons. The first-order valence-corrected chi connectivity index (χ1v) is 26.9. The van der Waals surface area contributed by atoms with Crippen molar-refractivity contribution in [3.05, 3.63) is 118 Å². The number of aliphatic imine (C=N–C) groups is 1. The second-order valence-corrected chi connectivity index (χ2v) is 22.0. The van der Waals surface area contributed by atoms with E-state index in [1.807, 2.05) is 56.6 Å². The minimum atomic E-state index is -2.21. The first-order chi connectivity index (χ1) is 35.3. The fourth-order valence-electron chi connectivity index (χ4n) is 13.2. The first kappa shape index (κ1) is 52.1. The van der Waals surface area contributed by atoms with Crippen LogP contribution in [0.25, 0.3) is 0 Å². The summed E-state index contributed by atoms with van der Waals surface area (Å²) in [7, 11) is 3.63. The molecule has 6 aliphatic rings. The first-order valence-electron chi connectivity index (χ1n) is 26.9. The highest BCUT2D eigenvalue weighted by Crippen LogP contribution is 2.60. The van der Waals surface area contributed by atoms with Crippen molar-refractivity contribution in [3.8, 4) is 0 Å². The molecule has 9 atom stereocenters. The van der Waals surface area contributed by atoms with Crippen molar-refractivity contribution in [2.75, 3.05) is 51.5 Å². The number of nitrogen functional groups attached to an aromatic ring is 1. The van der Waals surface area contributed by atoms with Crippen molar-refractivity contribution in [3.63, 3.8) is 0 Å². The largest absolute Gasteiger partial charge is 0.459 e.